The number of nitrogens with zero attached hydrogens (tertiary/aromatic N) is 2. The van der Waals surface area contributed by atoms with Crippen molar-refractivity contribution in [3.05, 3.63) is 106 Å². The molecule has 1 amide bonds. The normalized spacial score (nSPS) is 10.5. The molecule has 0 saturated carbocycles. The van der Waals surface area contributed by atoms with E-state index in [2.05, 4.69) is 15.6 Å². The first-order chi connectivity index (χ1) is 14.6. The third-order valence-electron chi connectivity index (χ3n) is 4.65. The zero-order valence-electron chi connectivity index (χ0n) is 15.9. The van der Waals surface area contributed by atoms with Gasteiger partial charge in [-0.15, -0.1) is 0 Å². The molecule has 0 fully saturated rings. The summed E-state index contributed by atoms with van der Waals surface area (Å²) >= 11 is 0. The SMILES string of the molecule is O=C(Nc1ccc2ccccc2c1)c1ccc(NCc2ccccn2)c([N+](=O)[O-])c1. The van der Waals surface area contributed by atoms with E-state index in [-0.39, 0.29) is 11.3 Å². The smallest absolute Gasteiger partial charge is 0.293 e. The average Bonchev–Trinajstić information content (AvgIpc) is 2.78. The minimum atomic E-state index is -0.506. The van der Waals surface area contributed by atoms with Crippen LogP contribution in [0.15, 0.2) is 85.1 Å². The number of aromatic nitrogens is 1. The Kier molecular flexibility index (Phi) is 5.34. The van der Waals surface area contributed by atoms with Gasteiger partial charge in [-0.05, 0) is 47.2 Å². The maximum atomic E-state index is 12.7. The Bertz CT molecular complexity index is 1230. The molecule has 30 heavy (non-hydrogen) atoms. The van der Waals surface area contributed by atoms with E-state index in [0.29, 0.717) is 17.9 Å². The monoisotopic (exact) mass is 398 g/mol. The predicted octanol–water partition coefficient (Wildman–Crippen LogP) is 5.01. The van der Waals surface area contributed by atoms with Crippen LogP contribution >= 0.6 is 0 Å². The van der Waals surface area contributed by atoms with Crippen LogP contribution in [0.3, 0.4) is 0 Å². The number of nitro benzene ring substituents is 1. The summed E-state index contributed by atoms with van der Waals surface area (Å²) in [4.78, 5) is 27.9. The maximum Gasteiger partial charge on any atom is 0.293 e. The highest BCUT2D eigenvalue weighted by Crippen LogP contribution is 2.27. The zero-order valence-corrected chi connectivity index (χ0v) is 15.9. The van der Waals surface area contributed by atoms with Gasteiger partial charge in [0, 0.05) is 23.5 Å². The van der Waals surface area contributed by atoms with Crippen LogP contribution in [-0.2, 0) is 6.54 Å². The van der Waals surface area contributed by atoms with Gasteiger partial charge in [-0.2, -0.15) is 0 Å². The van der Waals surface area contributed by atoms with E-state index in [1.807, 2.05) is 48.5 Å². The van der Waals surface area contributed by atoms with Gasteiger partial charge in [-0.3, -0.25) is 19.9 Å². The van der Waals surface area contributed by atoms with E-state index in [0.717, 1.165) is 16.5 Å². The zero-order chi connectivity index (χ0) is 20.9. The molecular formula is C23H18N4O3. The third-order valence-corrected chi connectivity index (χ3v) is 4.65. The topological polar surface area (TPSA) is 97.2 Å². The van der Waals surface area contributed by atoms with Gasteiger partial charge in [0.15, 0.2) is 0 Å². The van der Waals surface area contributed by atoms with Crippen molar-refractivity contribution in [2.45, 2.75) is 6.54 Å². The Labute approximate surface area is 172 Å². The predicted molar refractivity (Wildman–Crippen MR) is 117 cm³/mol. The molecule has 0 bridgehead atoms. The first-order valence-corrected chi connectivity index (χ1v) is 9.32. The van der Waals surface area contributed by atoms with Crippen molar-refractivity contribution in [1.29, 1.82) is 0 Å². The molecule has 0 aliphatic carbocycles. The fraction of sp³-hybridized carbons (Fsp3) is 0.0435. The second kappa shape index (κ2) is 8.40. The number of hydrogen-bond acceptors (Lipinski definition) is 5. The van der Waals surface area contributed by atoms with Gasteiger partial charge in [0.05, 0.1) is 17.2 Å². The number of nitrogens with one attached hydrogen (secondary N) is 2. The molecule has 4 rings (SSSR count). The van der Waals surface area contributed by atoms with E-state index in [4.69, 9.17) is 0 Å². The molecule has 0 unspecified atom stereocenters. The molecule has 1 aromatic heterocycles. The first-order valence-electron chi connectivity index (χ1n) is 9.32. The van der Waals surface area contributed by atoms with Gasteiger partial charge < -0.3 is 10.6 Å². The van der Waals surface area contributed by atoms with Crippen LogP contribution in [0.2, 0.25) is 0 Å². The van der Waals surface area contributed by atoms with Crippen LogP contribution in [0.25, 0.3) is 10.8 Å². The van der Waals surface area contributed by atoms with E-state index >= 15 is 0 Å². The summed E-state index contributed by atoms with van der Waals surface area (Å²) in [6.07, 6.45) is 1.66. The van der Waals surface area contributed by atoms with Crippen molar-refractivity contribution < 1.29 is 9.72 Å². The summed E-state index contributed by atoms with van der Waals surface area (Å²) < 4.78 is 0. The van der Waals surface area contributed by atoms with Crippen LogP contribution < -0.4 is 10.6 Å². The molecule has 0 aliphatic heterocycles. The van der Waals surface area contributed by atoms with Crippen LogP contribution in [0.1, 0.15) is 16.1 Å². The van der Waals surface area contributed by atoms with Gasteiger partial charge in [-0.1, -0.05) is 36.4 Å². The number of amides is 1. The molecule has 4 aromatic rings. The first kappa shape index (κ1) is 19.1. The number of rotatable bonds is 6. The number of benzene rings is 3. The van der Waals surface area contributed by atoms with Crippen molar-refractivity contribution >= 4 is 33.7 Å². The molecule has 0 atom stereocenters. The molecule has 7 nitrogen and oxygen atoms in total. The fourth-order valence-electron chi connectivity index (χ4n) is 3.13. The van der Waals surface area contributed by atoms with Gasteiger partial charge >= 0.3 is 0 Å². The molecule has 1 heterocycles. The summed E-state index contributed by atoms with van der Waals surface area (Å²) in [5.41, 5.74) is 1.74. The van der Waals surface area contributed by atoms with Crippen LogP contribution in [0, 0.1) is 10.1 Å². The Morgan fingerprint density at radius 2 is 1.73 bits per heavy atom. The number of carbonyl (C=O) groups excluding carboxylic acids is 1. The number of nitro groups is 1. The van der Waals surface area contributed by atoms with Gasteiger partial charge in [0.25, 0.3) is 11.6 Å². The van der Waals surface area contributed by atoms with Gasteiger partial charge in [0.1, 0.15) is 5.69 Å². The molecule has 7 heteroatoms. The van der Waals surface area contributed by atoms with Crippen LogP contribution in [-0.4, -0.2) is 15.8 Å². The third kappa shape index (κ3) is 4.25. The van der Waals surface area contributed by atoms with E-state index in [9.17, 15) is 14.9 Å². The van der Waals surface area contributed by atoms with Crippen molar-refractivity contribution in [1.82, 2.24) is 4.98 Å². The highest BCUT2D eigenvalue weighted by Gasteiger charge is 2.18. The van der Waals surface area contributed by atoms with E-state index in [1.165, 1.54) is 12.1 Å². The maximum absolute atomic E-state index is 12.7. The summed E-state index contributed by atoms with van der Waals surface area (Å²) in [7, 11) is 0. The van der Waals surface area contributed by atoms with Crippen molar-refractivity contribution in [2.24, 2.45) is 0 Å². The minimum Gasteiger partial charge on any atom is -0.374 e. The standard InChI is InChI=1S/C23H18N4O3/c28-23(26-19-10-8-16-5-1-2-6-17(16)13-19)18-9-11-21(22(14-18)27(29)30)25-15-20-7-3-4-12-24-20/h1-14,25H,15H2,(H,26,28). The fourth-order valence-corrected chi connectivity index (χ4v) is 3.13. The number of anilines is 2. The lowest BCUT2D eigenvalue weighted by Crippen LogP contribution is -2.13. The lowest BCUT2D eigenvalue weighted by Gasteiger charge is -2.10. The molecular weight excluding hydrogens is 380 g/mol. The second-order valence-electron chi connectivity index (χ2n) is 6.68. The van der Waals surface area contributed by atoms with Crippen molar-refractivity contribution in [3.8, 4) is 0 Å². The minimum absolute atomic E-state index is 0.169. The number of pyridine rings is 1. The van der Waals surface area contributed by atoms with Crippen molar-refractivity contribution in [3.63, 3.8) is 0 Å². The van der Waals surface area contributed by atoms with Crippen LogP contribution in [0.4, 0.5) is 17.1 Å². The van der Waals surface area contributed by atoms with E-state index in [1.54, 1.807) is 24.4 Å². The highest BCUT2D eigenvalue weighted by atomic mass is 16.6. The lowest BCUT2D eigenvalue weighted by atomic mass is 10.1. The van der Waals surface area contributed by atoms with Crippen LogP contribution in [0.5, 0.6) is 0 Å². The van der Waals surface area contributed by atoms with E-state index < -0.39 is 10.8 Å². The highest BCUT2D eigenvalue weighted by molar-refractivity contribution is 6.06. The Balaban J connectivity index is 1.53. The molecule has 148 valence electrons. The Morgan fingerprint density at radius 3 is 2.50 bits per heavy atom. The van der Waals surface area contributed by atoms with Crippen molar-refractivity contribution in [2.75, 3.05) is 10.6 Å². The lowest BCUT2D eigenvalue weighted by molar-refractivity contribution is -0.384. The molecule has 0 spiro atoms. The quantitative estimate of drug-likeness (QED) is 0.352. The number of fused-ring (bicyclic) bond motifs is 1. The molecule has 0 saturated heterocycles. The number of carbonyl (C=O) groups is 1. The summed E-state index contributed by atoms with van der Waals surface area (Å²) in [6, 6.07) is 23.2. The molecule has 0 aliphatic rings. The summed E-state index contributed by atoms with van der Waals surface area (Å²) in [6.45, 7) is 0.338. The van der Waals surface area contributed by atoms with Gasteiger partial charge in [0.2, 0.25) is 0 Å². The molecule has 0 radical (unpaired) electrons. The summed E-state index contributed by atoms with van der Waals surface area (Å²) in [5, 5.41) is 19.4. The Morgan fingerprint density at radius 1 is 0.933 bits per heavy atom. The molecule has 2 N–H and O–H groups in total. The number of hydrogen-bond donors (Lipinski definition) is 2. The molecule has 3 aromatic carbocycles. The Hall–Kier alpha value is -4.26. The average molecular weight is 398 g/mol. The second-order valence-corrected chi connectivity index (χ2v) is 6.68. The van der Waals surface area contributed by atoms with Gasteiger partial charge in [-0.25, -0.2) is 0 Å². The largest absolute Gasteiger partial charge is 0.374 e. The summed E-state index contributed by atoms with van der Waals surface area (Å²) in [5.74, 6) is -0.412.